The summed E-state index contributed by atoms with van der Waals surface area (Å²) < 4.78 is 5.41. The fourth-order valence-corrected chi connectivity index (χ4v) is 5.20. The molecule has 7 heteroatoms. The molecule has 25 heavy (non-hydrogen) atoms. The van der Waals surface area contributed by atoms with Crippen LogP contribution in [0.2, 0.25) is 0 Å². The Morgan fingerprint density at radius 3 is 2.48 bits per heavy atom. The predicted octanol–water partition coefficient (Wildman–Crippen LogP) is 0.845. The van der Waals surface area contributed by atoms with Crippen molar-refractivity contribution < 1.29 is 4.74 Å². The molecule has 3 fully saturated rings. The molecule has 0 unspecified atom stereocenters. The van der Waals surface area contributed by atoms with Crippen molar-refractivity contribution in [2.75, 3.05) is 77.6 Å². The average molecular weight is 370 g/mol. The van der Waals surface area contributed by atoms with Crippen LogP contribution in [0.15, 0.2) is 4.99 Å². The highest BCUT2D eigenvalue weighted by Gasteiger charge is 2.39. The van der Waals surface area contributed by atoms with Crippen molar-refractivity contribution in [1.29, 1.82) is 0 Å². The van der Waals surface area contributed by atoms with Crippen molar-refractivity contribution in [3.05, 3.63) is 0 Å². The molecular formula is C18H35N5OS. The molecule has 0 radical (unpaired) electrons. The van der Waals surface area contributed by atoms with Gasteiger partial charge in [0.05, 0.1) is 13.2 Å². The summed E-state index contributed by atoms with van der Waals surface area (Å²) in [6.07, 6.45) is 5.40. The third-order valence-electron chi connectivity index (χ3n) is 5.85. The van der Waals surface area contributed by atoms with E-state index in [4.69, 9.17) is 4.74 Å². The van der Waals surface area contributed by atoms with Crippen molar-refractivity contribution in [2.45, 2.75) is 31.2 Å². The molecule has 0 aromatic carbocycles. The van der Waals surface area contributed by atoms with Crippen LogP contribution in [0.4, 0.5) is 0 Å². The number of nitrogens with zero attached hydrogens (tertiary/aromatic N) is 3. The zero-order chi connectivity index (χ0) is 17.4. The minimum Gasteiger partial charge on any atom is -0.379 e. The molecule has 0 spiro atoms. The number of nitrogens with one attached hydrogen (secondary N) is 2. The monoisotopic (exact) mass is 369 g/mol. The first-order chi connectivity index (χ1) is 12.3. The van der Waals surface area contributed by atoms with Gasteiger partial charge in [0.25, 0.3) is 0 Å². The second kappa shape index (κ2) is 10.00. The third-order valence-corrected chi connectivity index (χ3v) is 6.79. The molecule has 0 aromatic heterocycles. The summed E-state index contributed by atoms with van der Waals surface area (Å²) in [5.74, 6) is 3.52. The molecular weight excluding hydrogens is 334 g/mol. The number of aliphatic imine (C=N–C) groups is 1. The van der Waals surface area contributed by atoms with E-state index in [9.17, 15) is 0 Å². The Morgan fingerprint density at radius 2 is 1.80 bits per heavy atom. The highest BCUT2D eigenvalue weighted by Crippen LogP contribution is 2.36. The third kappa shape index (κ3) is 5.49. The zero-order valence-corrected chi connectivity index (χ0v) is 16.6. The Kier molecular flexibility index (Phi) is 7.70. The summed E-state index contributed by atoms with van der Waals surface area (Å²) in [4.78, 5) is 9.64. The molecule has 1 aliphatic carbocycles. The maximum atomic E-state index is 5.41. The van der Waals surface area contributed by atoms with E-state index in [2.05, 4.69) is 37.2 Å². The van der Waals surface area contributed by atoms with E-state index in [1.54, 1.807) is 0 Å². The van der Waals surface area contributed by atoms with Gasteiger partial charge in [-0.05, 0) is 12.8 Å². The molecule has 2 saturated heterocycles. The van der Waals surface area contributed by atoms with Gasteiger partial charge in [0, 0.05) is 69.9 Å². The molecule has 144 valence electrons. The standard InChI is InChI=1S/C18H35N5OS/c1-19-17(20-6-7-22-8-12-24-13-9-22)21-16-18(4-2-3-5-18)23-10-14-25-15-11-23/h2-16H2,1H3,(H2,19,20,21). The Bertz CT molecular complexity index is 416. The Hall–Kier alpha value is -0.500. The van der Waals surface area contributed by atoms with E-state index in [0.717, 1.165) is 51.9 Å². The van der Waals surface area contributed by atoms with Crippen LogP contribution in [0.25, 0.3) is 0 Å². The number of morpholine rings is 1. The number of rotatable bonds is 6. The summed E-state index contributed by atoms with van der Waals surface area (Å²) in [5.41, 5.74) is 0.350. The summed E-state index contributed by atoms with van der Waals surface area (Å²) in [5, 5.41) is 7.13. The lowest BCUT2D eigenvalue weighted by molar-refractivity contribution is 0.0389. The van der Waals surface area contributed by atoms with Crippen molar-refractivity contribution in [3.63, 3.8) is 0 Å². The van der Waals surface area contributed by atoms with Gasteiger partial charge in [-0.25, -0.2) is 0 Å². The lowest BCUT2D eigenvalue weighted by Gasteiger charge is -2.43. The first kappa shape index (κ1) is 19.3. The lowest BCUT2D eigenvalue weighted by atomic mass is 9.94. The minimum absolute atomic E-state index is 0.350. The SMILES string of the molecule is CN=C(NCCN1CCOCC1)NCC1(N2CCSCC2)CCCC1. The van der Waals surface area contributed by atoms with Crippen molar-refractivity contribution in [1.82, 2.24) is 20.4 Å². The Labute approximate surface area is 157 Å². The van der Waals surface area contributed by atoms with Gasteiger partial charge in [-0.15, -0.1) is 0 Å². The lowest BCUT2D eigenvalue weighted by Crippen LogP contribution is -2.57. The van der Waals surface area contributed by atoms with Gasteiger partial charge in [0.2, 0.25) is 0 Å². The maximum Gasteiger partial charge on any atom is 0.191 e. The van der Waals surface area contributed by atoms with E-state index >= 15 is 0 Å². The molecule has 0 aromatic rings. The normalized spacial score (nSPS) is 25.9. The summed E-state index contributed by atoms with van der Waals surface area (Å²) in [6, 6.07) is 0. The molecule has 3 rings (SSSR count). The second-order valence-electron chi connectivity index (χ2n) is 7.34. The fourth-order valence-electron chi connectivity index (χ4n) is 4.30. The molecule has 1 saturated carbocycles. The summed E-state index contributed by atoms with van der Waals surface area (Å²) in [6.45, 7) is 9.33. The van der Waals surface area contributed by atoms with Crippen LogP contribution in [-0.2, 0) is 4.74 Å². The van der Waals surface area contributed by atoms with Crippen molar-refractivity contribution in [3.8, 4) is 0 Å². The number of guanidine groups is 1. The molecule has 0 amide bonds. The van der Waals surface area contributed by atoms with E-state index in [1.807, 2.05) is 7.05 Å². The molecule has 0 bridgehead atoms. The van der Waals surface area contributed by atoms with E-state index in [0.29, 0.717) is 5.54 Å². The van der Waals surface area contributed by atoms with Gasteiger partial charge in [0.1, 0.15) is 0 Å². The van der Waals surface area contributed by atoms with Crippen LogP contribution >= 0.6 is 11.8 Å². The second-order valence-corrected chi connectivity index (χ2v) is 8.56. The van der Waals surface area contributed by atoms with Gasteiger partial charge < -0.3 is 15.4 Å². The van der Waals surface area contributed by atoms with Crippen LogP contribution in [0, 0.1) is 0 Å². The highest BCUT2D eigenvalue weighted by molar-refractivity contribution is 7.99. The molecule has 6 nitrogen and oxygen atoms in total. The van der Waals surface area contributed by atoms with Crippen molar-refractivity contribution in [2.24, 2.45) is 4.99 Å². The largest absolute Gasteiger partial charge is 0.379 e. The number of ether oxygens (including phenoxy) is 1. The van der Waals surface area contributed by atoms with Gasteiger partial charge in [0.15, 0.2) is 5.96 Å². The molecule has 2 N–H and O–H groups in total. The first-order valence-electron chi connectivity index (χ1n) is 9.90. The zero-order valence-electron chi connectivity index (χ0n) is 15.8. The number of thioether (sulfide) groups is 1. The minimum atomic E-state index is 0.350. The first-order valence-corrected chi connectivity index (χ1v) is 11.1. The predicted molar refractivity (Wildman–Crippen MR) is 107 cm³/mol. The van der Waals surface area contributed by atoms with Crippen LogP contribution in [0.5, 0.6) is 0 Å². The maximum absolute atomic E-state index is 5.41. The molecule has 2 heterocycles. The number of hydrogen-bond acceptors (Lipinski definition) is 5. The van der Waals surface area contributed by atoms with Crippen molar-refractivity contribution >= 4 is 17.7 Å². The summed E-state index contributed by atoms with van der Waals surface area (Å²) >= 11 is 2.10. The van der Waals surface area contributed by atoms with Gasteiger partial charge >= 0.3 is 0 Å². The van der Waals surface area contributed by atoms with Crippen LogP contribution in [-0.4, -0.2) is 98.9 Å². The highest BCUT2D eigenvalue weighted by atomic mass is 32.2. The Morgan fingerprint density at radius 1 is 1.08 bits per heavy atom. The van der Waals surface area contributed by atoms with E-state index < -0.39 is 0 Å². The smallest absolute Gasteiger partial charge is 0.191 e. The van der Waals surface area contributed by atoms with Gasteiger partial charge in [-0.1, -0.05) is 12.8 Å². The summed E-state index contributed by atoms with van der Waals surface area (Å²) in [7, 11) is 1.88. The fraction of sp³-hybridized carbons (Fsp3) is 0.944. The van der Waals surface area contributed by atoms with Gasteiger partial charge in [-0.3, -0.25) is 14.8 Å². The average Bonchev–Trinajstić information content (AvgIpc) is 3.16. The van der Waals surface area contributed by atoms with Crippen LogP contribution in [0.3, 0.4) is 0 Å². The Balaban J connectivity index is 1.43. The molecule has 0 atom stereocenters. The topological polar surface area (TPSA) is 52.1 Å². The van der Waals surface area contributed by atoms with Gasteiger partial charge in [-0.2, -0.15) is 11.8 Å². The molecule has 2 aliphatic heterocycles. The van der Waals surface area contributed by atoms with Crippen LogP contribution in [0.1, 0.15) is 25.7 Å². The number of hydrogen-bond donors (Lipinski definition) is 2. The molecule has 3 aliphatic rings. The van der Waals surface area contributed by atoms with E-state index in [1.165, 1.54) is 50.3 Å². The van der Waals surface area contributed by atoms with E-state index in [-0.39, 0.29) is 0 Å². The quantitative estimate of drug-likeness (QED) is 0.535. The van der Waals surface area contributed by atoms with Crippen LogP contribution < -0.4 is 10.6 Å².